The van der Waals surface area contributed by atoms with Gasteiger partial charge in [0, 0.05) is 38.8 Å². The molecule has 0 saturated carbocycles. The molecule has 1 aromatic carbocycles. The van der Waals surface area contributed by atoms with Crippen LogP contribution in [0.5, 0.6) is 0 Å². The molecule has 1 saturated heterocycles. The molecular formula is C21H35N3O3. The maximum absolute atomic E-state index is 5.74. The first-order valence-corrected chi connectivity index (χ1v) is 10.1. The molecule has 0 aromatic heterocycles. The highest BCUT2D eigenvalue weighted by Crippen LogP contribution is 2.12. The topological polar surface area (TPSA) is 64.1 Å². The van der Waals surface area contributed by atoms with Crippen molar-refractivity contribution in [2.45, 2.75) is 39.8 Å². The van der Waals surface area contributed by atoms with Crippen molar-refractivity contribution in [2.24, 2.45) is 10.9 Å². The van der Waals surface area contributed by atoms with Gasteiger partial charge in [-0.1, -0.05) is 24.3 Å². The van der Waals surface area contributed by atoms with Crippen LogP contribution in [0.4, 0.5) is 0 Å². The number of aliphatic imine (C=N–C) groups is 1. The summed E-state index contributed by atoms with van der Waals surface area (Å²) in [6, 6.07) is 8.44. The van der Waals surface area contributed by atoms with E-state index in [-0.39, 0.29) is 0 Å². The molecule has 1 heterocycles. The predicted octanol–water partition coefficient (Wildman–Crippen LogP) is 2.72. The van der Waals surface area contributed by atoms with E-state index in [1.54, 1.807) is 0 Å². The van der Waals surface area contributed by atoms with Crippen molar-refractivity contribution < 1.29 is 14.2 Å². The van der Waals surface area contributed by atoms with Gasteiger partial charge in [-0.15, -0.1) is 0 Å². The van der Waals surface area contributed by atoms with Gasteiger partial charge in [-0.3, -0.25) is 0 Å². The third kappa shape index (κ3) is 9.22. The quantitative estimate of drug-likeness (QED) is 0.333. The van der Waals surface area contributed by atoms with Crippen molar-refractivity contribution in [3.05, 3.63) is 35.4 Å². The summed E-state index contributed by atoms with van der Waals surface area (Å²) in [4.78, 5) is 4.66. The lowest BCUT2D eigenvalue weighted by molar-refractivity contribution is 0.0888. The second-order valence-electron chi connectivity index (χ2n) is 6.73. The zero-order valence-corrected chi connectivity index (χ0v) is 16.8. The Bertz CT molecular complexity index is 528. The second-order valence-corrected chi connectivity index (χ2v) is 6.73. The first kappa shape index (κ1) is 21.7. The first-order valence-electron chi connectivity index (χ1n) is 10.1. The number of ether oxygens (including phenoxy) is 3. The molecule has 1 atom stereocenters. The molecule has 6 heteroatoms. The van der Waals surface area contributed by atoms with E-state index in [1.807, 2.05) is 6.92 Å². The van der Waals surface area contributed by atoms with Crippen LogP contribution in [0.3, 0.4) is 0 Å². The first-order chi connectivity index (χ1) is 13.3. The Kier molecular flexibility index (Phi) is 10.9. The number of nitrogens with zero attached hydrogens (tertiary/aromatic N) is 1. The highest BCUT2D eigenvalue weighted by molar-refractivity contribution is 5.79. The minimum Gasteiger partial charge on any atom is -0.381 e. The molecule has 6 nitrogen and oxygen atoms in total. The lowest BCUT2D eigenvalue weighted by Gasteiger charge is -2.12. The summed E-state index contributed by atoms with van der Waals surface area (Å²) in [5.41, 5.74) is 2.38. The molecule has 1 aliphatic heterocycles. The van der Waals surface area contributed by atoms with Crippen molar-refractivity contribution >= 4 is 5.96 Å². The average Bonchev–Trinajstić information content (AvgIpc) is 3.21. The SMILES string of the molecule is CCNC(=NCc1ccc(COCC)cc1)NCCCOCC1CCOC1. The molecule has 1 fully saturated rings. The summed E-state index contributed by atoms with van der Waals surface area (Å²) >= 11 is 0. The van der Waals surface area contributed by atoms with Gasteiger partial charge >= 0.3 is 0 Å². The van der Waals surface area contributed by atoms with Gasteiger partial charge < -0.3 is 24.8 Å². The van der Waals surface area contributed by atoms with Gasteiger partial charge in [0.25, 0.3) is 0 Å². The maximum Gasteiger partial charge on any atom is 0.191 e. The zero-order chi connectivity index (χ0) is 19.2. The van der Waals surface area contributed by atoms with Crippen LogP contribution in [0.25, 0.3) is 0 Å². The van der Waals surface area contributed by atoms with Crippen molar-refractivity contribution in [1.29, 1.82) is 0 Å². The zero-order valence-electron chi connectivity index (χ0n) is 16.8. The molecular weight excluding hydrogens is 342 g/mol. The van der Waals surface area contributed by atoms with Gasteiger partial charge in [0.05, 0.1) is 26.4 Å². The lowest BCUT2D eigenvalue weighted by Crippen LogP contribution is -2.38. The molecule has 27 heavy (non-hydrogen) atoms. The molecule has 0 spiro atoms. The number of nitrogens with one attached hydrogen (secondary N) is 2. The van der Waals surface area contributed by atoms with Gasteiger partial charge in [0.1, 0.15) is 0 Å². The fraction of sp³-hybridized carbons (Fsp3) is 0.667. The van der Waals surface area contributed by atoms with E-state index in [0.29, 0.717) is 19.1 Å². The Balaban J connectivity index is 1.65. The summed E-state index contributed by atoms with van der Waals surface area (Å²) in [5.74, 6) is 1.43. The van der Waals surface area contributed by atoms with E-state index in [4.69, 9.17) is 14.2 Å². The molecule has 0 radical (unpaired) electrons. The Morgan fingerprint density at radius 1 is 1.15 bits per heavy atom. The van der Waals surface area contributed by atoms with Crippen molar-refractivity contribution in [2.75, 3.05) is 46.1 Å². The normalized spacial score (nSPS) is 17.3. The summed E-state index contributed by atoms with van der Waals surface area (Å²) in [7, 11) is 0. The minimum absolute atomic E-state index is 0.580. The van der Waals surface area contributed by atoms with E-state index >= 15 is 0 Å². The minimum atomic E-state index is 0.580. The summed E-state index contributed by atoms with van der Waals surface area (Å²) in [6.45, 7) is 11.2. The highest BCUT2D eigenvalue weighted by atomic mass is 16.5. The molecule has 2 N–H and O–H groups in total. The number of benzene rings is 1. The Hall–Kier alpha value is -1.63. The second kappa shape index (κ2) is 13.5. The Morgan fingerprint density at radius 2 is 1.96 bits per heavy atom. The van der Waals surface area contributed by atoms with Gasteiger partial charge in [0.2, 0.25) is 0 Å². The number of guanidine groups is 1. The van der Waals surface area contributed by atoms with E-state index in [0.717, 1.165) is 64.9 Å². The van der Waals surface area contributed by atoms with Crippen LogP contribution in [-0.4, -0.2) is 52.1 Å². The molecule has 2 rings (SSSR count). The number of hydrogen-bond acceptors (Lipinski definition) is 4. The smallest absolute Gasteiger partial charge is 0.191 e. The van der Waals surface area contributed by atoms with Gasteiger partial charge in [-0.05, 0) is 37.8 Å². The third-order valence-electron chi connectivity index (χ3n) is 4.40. The van der Waals surface area contributed by atoms with Crippen molar-refractivity contribution in [1.82, 2.24) is 10.6 Å². The van der Waals surface area contributed by atoms with E-state index < -0.39 is 0 Å². The average molecular weight is 378 g/mol. The molecule has 0 aliphatic carbocycles. The predicted molar refractivity (Wildman–Crippen MR) is 109 cm³/mol. The maximum atomic E-state index is 5.74. The summed E-state index contributed by atoms with van der Waals surface area (Å²) < 4.78 is 16.5. The van der Waals surface area contributed by atoms with Gasteiger partial charge in [0.15, 0.2) is 5.96 Å². The number of hydrogen-bond donors (Lipinski definition) is 2. The van der Waals surface area contributed by atoms with E-state index in [1.165, 1.54) is 11.1 Å². The van der Waals surface area contributed by atoms with Crippen LogP contribution in [-0.2, 0) is 27.4 Å². The molecule has 0 amide bonds. The lowest BCUT2D eigenvalue weighted by atomic mass is 10.1. The van der Waals surface area contributed by atoms with E-state index in [9.17, 15) is 0 Å². The fourth-order valence-corrected chi connectivity index (χ4v) is 2.82. The number of rotatable bonds is 12. The van der Waals surface area contributed by atoms with Gasteiger partial charge in [-0.25, -0.2) is 4.99 Å². The molecule has 1 aliphatic rings. The van der Waals surface area contributed by atoms with Crippen LogP contribution in [0, 0.1) is 5.92 Å². The molecule has 1 unspecified atom stereocenters. The third-order valence-corrected chi connectivity index (χ3v) is 4.40. The molecule has 152 valence electrons. The van der Waals surface area contributed by atoms with Crippen LogP contribution < -0.4 is 10.6 Å². The fourth-order valence-electron chi connectivity index (χ4n) is 2.82. The largest absolute Gasteiger partial charge is 0.381 e. The monoisotopic (exact) mass is 377 g/mol. The highest BCUT2D eigenvalue weighted by Gasteiger charge is 2.15. The van der Waals surface area contributed by atoms with E-state index in [2.05, 4.69) is 46.8 Å². The van der Waals surface area contributed by atoms with Crippen molar-refractivity contribution in [3.8, 4) is 0 Å². The Morgan fingerprint density at radius 3 is 2.67 bits per heavy atom. The standard InChI is InChI=1S/C21H35N3O3/c1-3-22-21(23-11-5-12-26-16-20-10-13-27-17-20)24-14-18-6-8-19(9-7-18)15-25-4-2/h6-9,20H,3-5,10-17H2,1-2H3,(H2,22,23,24). The van der Waals surface area contributed by atoms with Gasteiger partial charge in [-0.2, -0.15) is 0 Å². The Labute approximate surface area is 163 Å². The summed E-state index contributed by atoms with van der Waals surface area (Å²) in [5, 5.41) is 6.66. The molecule has 0 bridgehead atoms. The van der Waals surface area contributed by atoms with Crippen LogP contribution in [0.15, 0.2) is 29.3 Å². The van der Waals surface area contributed by atoms with Crippen LogP contribution >= 0.6 is 0 Å². The van der Waals surface area contributed by atoms with Crippen LogP contribution in [0.1, 0.15) is 37.8 Å². The molecule has 1 aromatic rings. The van der Waals surface area contributed by atoms with Crippen LogP contribution in [0.2, 0.25) is 0 Å². The summed E-state index contributed by atoms with van der Waals surface area (Å²) in [6.07, 6.45) is 2.09. The van der Waals surface area contributed by atoms with Crippen molar-refractivity contribution in [3.63, 3.8) is 0 Å².